The lowest BCUT2D eigenvalue weighted by Gasteiger charge is -2.26. The maximum atomic E-state index is 12.8. The van der Waals surface area contributed by atoms with Crippen molar-refractivity contribution < 1.29 is 8.42 Å². The molecular formula is C18H31IN4O2S. The average Bonchev–Trinajstić information content (AvgIpc) is 2.62. The summed E-state index contributed by atoms with van der Waals surface area (Å²) in [5, 5.41) is 6.48. The molecule has 148 valence electrons. The largest absolute Gasteiger partial charge is 0.356 e. The number of piperidine rings is 1. The number of rotatable bonds is 6. The van der Waals surface area contributed by atoms with Crippen LogP contribution in [0.25, 0.3) is 0 Å². The molecule has 1 heterocycles. The lowest BCUT2D eigenvalue weighted by molar-refractivity contribution is 0.346. The molecule has 8 heteroatoms. The van der Waals surface area contributed by atoms with Gasteiger partial charge in [-0.2, -0.15) is 4.31 Å². The number of hydrogen-bond acceptors (Lipinski definition) is 3. The third kappa shape index (κ3) is 6.70. The zero-order chi connectivity index (χ0) is 18.3. The summed E-state index contributed by atoms with van der Waals surface area (Å²) in [6.45, 7) is 6.88. The highest BCUT2D eigenvalue weighted by atomic mass is 127. The van der Waals surface area contributed by atoms with Gasteiger partial charge in [0.15, 0.2) is 5.96 Å². The van der Waals surface area contributed by atoms with Crippen molar-refractivity contribution in [3.05, 3.63) is 29.8 Å². The number of guanidine groups is 1. The summed E-state index contributed by atoms with van der Waals surface area (Å²) in [5.74, 6) is 1.24. The van der Waals surface area contributed by atoms with Crippen LogP contribution in [0.5, 0.6) is 0 Å². The average molecular weight is 494 g/mol. The van der Waals surface area contributed by atoms with E-state index < -0.39 is 10.0 Å². The molecule has 1 aliphatic rings. The predicted molar refractivity (Wildman–Crippen MR) is 118 cm³/mol. The maximum Gasteiger partial charge on any atom is 0.243 e. The van der Waals surface area contributed by atoms with E-state index in [9.17, 15) is 8.42 Å². The van der Waals surface area contributed by atoms with Crippen molar-refractivity contribution in [3.8, 4) is 0 Å². The molecule has 1 saturated heterocycles. The van der Waals surface area contributed by atoms with Crippen LogP contribution in [-0.4, -0.2) is 45.4 Å². The molecule has 0 radical (unpaired) electrons. The zero-order valence-corrected chi connectivity index (χ0v) is 19.0. The van der Waals surface area contributed by atoms with Gasteiger partial charge in [-0.3, -0.25) is 4.99 Å². The Bertz CT molecular complexity index is 686. The Balaban J connectivity index is 0.00000338. The normalized spacial score (nSPS) is 16.2. The third-order valence-corrected chi connectivity index (χ3v) is 6.11. The molecule has 26 heavy (non-hydrogen) atoms. The van der Waals surface area contributed by atoms with Crippen molar-refractivity contribution in [2.75, 3.05) is 26.7 Å². The Labute approximate surface area is 174 Å². The molecule has 2 N–H and O–H groups in total. The van der Waals surface area contributed by atoms with Gasteiger partial charge in [0.1, 0.15) is 0 Å². The third-order valence-electron chi connectivity index (χ3n) is 4.21. The van der Waals surface area contributed by atoms with E-state index in [1.54, 1.807) is 29.6 Å². The van der Waals surface area contributed by atoms with Crippen LogP contribution >= 0.6 is 24.0 Å². The van der Waals surface area contributed by atoms with Gasteiger partial charge in [0.05, 0.1) is 4.90 Å². The molecule has 1 aromatic rings. The van der Waals surface area contributed by atoms with E-state index in [1.165, 1.54) is 0 Å². The van der Waals surface area contributed by atoms with Crippen LogP contribution in [-0.2, 0) is 16.6 Å². The standard InChI is InChI=1S/C18H30N4O2S.HI/c1-15(2)13-20-18(19-3)21-14-16-8-7-9-17(12-16)25(23,24)22-10-5-4-6-11-22;/h7-9,12,15H,4-6,10-11,13-14H2,1-3H3,(H2,19,20,21);1H. The second-order valence-corrected chi connectivity index (χ2v) is 8.75. The number of hydrogen-bond donors (Lipinski definition) is 2. The fourth-order valence-electron chi connectivity index (χ4n) is 2.78. The van der Waals surface area contributed by atoms with Gasteiger partial charge in [-0.1, -0.05) is 32.4 Å². The Morgan fingerprint density at radius 2 is 1.88 bits per heavy atom. The van der Waals surface area contributed by atoms with Crippen molar-refractivity contribution >= 4 is 40.0 Å². The first-order chi connectivity index (χ1) is 11.9. The number of nitrogens with one attached hydrogen (secondary N) is 2. The Morgan fingerprint density at radius 3 is 2.50 bits per heavy atom. The van der Waals surface area contributed by atoms with Crippen molar-refractivity contribution in [2.45, 2.75) is 44.6 Å². The van der Waals surface area contributed by atoms with E-state index in [0.717, 1.165) is 37.3 Å². The van der Waals surface area contributed by atoms with Crippen molar-refractivity contribution in [2.24, 2.45) is 10.9 Å². The Morgan fingerprint density at radius 1 is 1.19 bits per heavy atom. The number of aliphatic imine (C=N–C) groups is 1. The van der Waals surface area contributed by atoms with Gasteiger partial charge in [0.2, 0.25) is 10.0 Å². The van der Waals surface area contributed by atoms with Crippen LogP contribution in [0.15, 0.2) is 34.2 Å². The van der Waals surface area contributed by atoms with Gasteiger partial charge in [-0.15, -0.1) is 24.0 Å². The predicted octanol–water partition coefficient (Wildman–Crippen LogP) is 2.80. The number of halogens is 1. The molecule has 0 atom stereocenters. The fraction of sp³-hybridized carbons (Fsp3) is 0.611. The highest BCUT2D eigenvalue weighted by Gasteiger charge is 2.25. The smallest absolute Gasteiger partial charge is 0.243 e. The molecule has 1 aliphatic heterocycles. The fourth-order valence-corrected chi connectivity index (χ4v) is 4.37. The SMILES string of the molecule is CN=C(NCc1cccc(S(=O)(=O)N2CCCCC2)c1)NCC(C)C.I. The second-order valence-electron chi connectivity index (χ2n) is 6.81. The Hall–Kier alpha value is -0.870. The molecule has 0 unspecified atom stereocenters. The van der Waals surface area contributed by atoms with Gasteiger partial charge < -0.3 is 10.6 Å². The van der Waals surface area contributed by atoms with Crippen LogP contribution in [0.1, 0.15) is 38.7 Å². The van der Waals surface area contributed by atoms with Crippen LogP contribution in [0.3, 0.4) is 0 Å². The van der Waals surface area contributed by atoms with E-state index in [-0.39, 0.29) is 24.0 Å². The van der Waals surface area contributed by atoms with Crippen molar-refractivity contribution in [1.82, 2.24) is 14.9 Å². The molecule has 0 aromatic heterocycles. The molecule has 1 aromatic carbocycles. The van der Waals surface area contributed by atoms with E-state index in [2.05, 4.69) is 29.5 Å². The van der Waals surface area contributed by atoms with E-state index in [4.69, 9.17) is 0 Å². The van der Waals surface area contributed by atoms with Crippen LogP contribution in [0, 0.1) is 5.92 Å². The van der Waals surface area contributed by atoms with Crippen LogP contribution < -0.4 is 10.6 Å². The van der Waals surface area contributed by atoms with Gasteiger partial charge in [0, 0.05) is 33.2 Å². The molecule has 1 fully saturated rings. The van der Waals surface area contributed by atoms with Gasteiger partial charge >= 0.3 is 0 Å². The van der Waals surface area contributed by atoms with E-state index in [1.807, 2.05) is 6.07 Å². The highest BCUT2D eigenvalue weighted by Crippen LogP contribution is 2.21. The molecule has 0 amide bonds. The first kappa shape index (κ1) is 23.2. The monoisotopic (exact) mass is 494 g/mol. The summed E-state index contributed by atoms with van der Waals surface area (Å²) in [6, 6.07) is 7.17. The molecule has 0 spiro atoms. The summed E-state index contributed by atoms with van der Waals surface area (Å²) < 4.78 is 27.2. The van der Waals surface area contributed by atoms with E-state index >= 15 is 0 Å². The first-order valence-corrected chi connectivity index (χ1v) is 10.4. The summed E-state index contributed by atoms with van der Waals surface area (Å²) in [6.07, 6.45) is 3.00. The topological polar surface area (TPSA) is 73.8 Å². The number of nitrogens with zero attached hydrogens (tertiary/aromatic N) is 2. The van der Waals surface area contributed by atoms with Gasteiger partial charge in [-0.25, -0.2) is 8.42 Å². The maximum absolute atomic E-state index is 12.8. The first-order valence-electron chi connectivity index (χ1n) is 8.97. The lowest BCUT2D eigenvalue weighted by Crippen LogP contribution is -2.38. The van der Waals surface area contributed by atoms with Crippen molar-refractivity contribution in [1.29, 1.82) is 0 Å². The van der Waals surface area contributed by atoms with Gasteiger partial charge in [0.25, 0.3) is 0 Å². The number of benzene rings is 1. The minimum absolute atomic E-state index is 0. The summed E-state index contributed by atoms with van der Waals surface area (Å²) in [5.41, 5.74) is 0.922. The molecule has 2 rings (SSSR count). The van der Waals surface area contributed by atoms with E-state index in [0.29, 0.717) is 30.4 Å². The van der Waals surface area contributed by atoms with Crippen LogP contribution in [0.4, 0.5) is 0 Å². The van der Waals surface area contributed by atoms with Gasteiger partial charge in [-0.05, 0) is 36.5 Å². The van der Waals surface area contributed by atoms with Crippen LogP contribution in [0.2, 0.25) is 0 Å². The zero-order valence-electron chi connectivity index (χ0n) is 15.9. The minimum Gasteiger partial charge on any atom is -0.356 e. The molecule has 0 saturated carbocycles. The summed E-state index contributed by atoms with van der Waals surface area (Å²) >= 11 is 0. The molecule has 6 nitrogen and oxygen atoms in total. The number of sulfonamides is 1. The minimum atomic E-state index is -3.39. The van der Waals surface area contributed by atoms with Crippen molar-refractivity contribution in [3.63, 3.8) is 0 Å². The summed E-state index contributed by atoms with van der Waals surface area (Å²) in [4.78, 5) is 4.56. The molecule has 0 aliphatic carbocycles. The summed E-state index contributed by atoms with van der Waals surface area (Å²) in [7, 11) is -1.66. The molecular weight excluding hydrogens is 463 g/mol. The quantitative estimate of drug-likeness (QED) is 0.363. The Kier molecular flexibility index (Phi) is 9.88. The second kappa shape index (κ2) is 11.1. The molecule has 0 bridgehead atoms. The highest BCUT2D eigenvalue weighted by molar-refractivity contribution is 14.0. The lowest BCUT2D eigenvalue weighted by atomic mass is 10.2.